The predicted molar refractivity (Wildman–Crippen MR) is 81.8 cm³/mol. The number of carbonyl (C=O) groups excluding carboxylic acids is 1. The molecule has 1 N–H and O–H groups in total. The maximum Gasteiger partial charge on any atom is 0.249 e. The van der Waals surface area contributed by atoms with Gasteiger partial charge >= 0.3 is 0 Å². The zero-order chi connectivity index (χ0) is 18.0. The van der Waals surface area contributed by atoms with Crippen molar-refractivity contribution in [3.8, 4) is 17.2 Å². The highest BCUT2D eigenvalue weighted by atomic mass is 19.2. The molecule has 0 aliphatic carbocycles. The van der Waals surface area contributed by atoms with E-state index in [1.54, 1.807) is 0 Å². The van der Waals surface area contributed by atoms with Crippen LogP contribution in [0, 0.1) is 28.8 Å². The van der Waals surface area contributed by atoms with Crippen molar-refractivity contribution >= 4 is 17.5 Å². The summed E-state index contributed by atoms with van der Waals surface area (Å²) in [6.45, 7) is 0. The van der Waals surface area contributed by atoms with Gasteiger partial charge in [0, 0.05) is 24.6 Å². The number of halogens is 3. The first kappa shape index (κ1) is 16.4. The van der Waals surface area contributed by atoms with E-state index in [1.165, 1.54) is 22.8 Å². The Hall–Kier alpha value is -3.41. The van der Waals surface area contributed by atoms with Gasteiger partial charge in [-0.2, -0.15) is 10.2 Å². The van der Waals surface area contributed by atoms with Crippen molar-refractivity contribution in [1.29, 1.82) is 5.26 Å². The molecule has 0 aliphatic rings. The summed E-state index contributed by atoms with van der Waals surface area (Å²) in [6, 6.07) is 6.18. The van der Waals surface area contributed by atoms with Crippen molar-refractivity contribution in [3.05, 3.63) is 47.9 Å². The fraction of sp³-hybridized carbons (Fsp3) is 0.125. The summed E-state index contributed by atoms with van der Waals surface area (Å²) in [5.74, 6) is -3.83. The molecule has 3 aromatic rings. The van der Waals surface area contributed by atoms with Crippen molar-refractivity contribution in [1.82, 2.24) is 14.6 Å². The summed E-state index contributed by atoms with van der Waals surface area (Å²) >= 11 is 0. The Morgan fingerprint density at radius 3 is 2.72 bits per heavy atom. The fourth-order valence-electron chi connectivity index (χ4n) is 2.23. The number of amides is 1. The monoisotopic (exact) mass is 345 g/mol. The Balaban J connectivity index is 1.95. The fourth-order valence-corrected chi connectivity index (χ4v) is 2.23. The highest BCUT2D eigenvalue weighted by molar-refractivity contribution is 5.89. The van der Waals surface area contributed by atoms with E-state index in [1.807, 2.05) is 6.07 Å². The number of nitrogens with zero attached hydrogens (tertiary/aromatic N) is 4. The van der Waals surface area contributed by atoms with Crippen molar-refractivity contribution in [2.75, 3.05) is 5.32 Å². The predicted octanol–water partition coefficient (Wildman–Crippen LogP) is 3.06. The second-order valence-electron chi connectivity index (χ2n) is 5.08. The Labute approximate surface area is 139 Å². The van der Waals surface area contributed by atoms with Gasteiger partial charge in [0.05, 0.1) is 11.6 Å². The minimum atomic E-state index is -1.30. The molecular weight excluding hydrogens is 335 g/mol. The smallest absolute Gasteiger partial charge is 0.249 e. The van der Waals surface area contributed by atoms with Crippen molar-refractivity contribution < 1.29 is 18.0 Å². The van der Waals surface area contributed by atoms with Gasteiger partial charge in [-0.25, -0.2) is 17.7 Å². The first-order valence-corrected chi connectivity index (χ1v) is 7.16. The van der Waals surface area contributed by atoms with E-state index in [4.69, 9.17) is 5.26 Å². The number of carbonyl (C=O) groups is 1. The highest BCUT2D eigenvalue weighted by Crippen LogP contribution is 2.27. The van der Waals surface area contributed by atoms with Crippen LogP contribution in [0.5, 0.6) is 0 Å². The van der Waals surface area contributed by atoms with Gasteiger partial charge in [0.1, 0.15) is 5.82 Å². The molecule has 0 spiro atoms. The Morgan fingerprint density at radius 2 is 1.96 bits per heavy atom. The standard InChI is InChI=1S/C16H10F3N5O/c17-10-4-5-11(18)15(19)14(10)9-3-6-12-21-16(23-24(12)8-9)22-13(25)2-1-7-20/h3-6,8H,1-2H2,(H,22,23,25). The van der Waals surface area contributed by atoms with E-state index in [2.05, 4.69) is 15.4 Å². The third kappa shape index (κ3) is 3.28. The molecule has 0 saturated carbocycles. The van der Waals surface area contributed by atoms with Crippen LogP contribution in [0.25, 0.3) is 16.8 Å². The van der Waals surface area contributed by atoms with Gasteiger partial charge < -0.3 is 0 Å². The summed E-state index contributed by atoms with van der Waals surface area (Å²) in [6.07, 6.45) is 1.33. The average Bonchev–Trinajstić information content (AvgIpc) is 2.98. The van der Waals surface area contributed by atoms with Gasteiger partial charge in [-0.15, -0.1) is 5.10 Å². The number of fused-ring (bicyclic) bond motifs is 1. The number of benzene rings is 1. The van der Waals surface area contributed by atoms with Crippen LogP contribution in [0.4, 0.5) is 19.1 Å². The average molecular weight is 345 g/mol. The van der Waals surface area contributed by atoms with Crippen LogP contribution in [0.3, 0.4) is 0 Å². The highest BCUT2D eigenvalue weighted by Gasteiger charge is 2.17. The number of aromatic nitrogens is 3. The molecule has 0 atom stereocenters. The molecule has 9 heteroatoms. The molecule has 2 heterocycles. The topological polar surface area (TPSA) is 83.1 Å². The summed E-state index contributed by atoms with van der Waals surface area (Å²) in [7, 11) is 0. The number of anilines is 1. The largest absolute Gasteiger partial charge is 0.293 e. The maximum atomic E-state index is 13.9. The van der Waals surface area contributed by atoms with E-state index in [-0.39, 0.29) is 24.4 Å². The third-order valence-electron chi connectivity index (χ3n) is 3.38. The molecule has 0 aliphatic heterocycles. The summed E-state index contributed by atoms with van der Waals surface area (Å²) in [5.41, 5.74) is -0.136. The second kappa shape index (κ2) is 6.60. The van der Waals surface area contributed by atoms with Crippen LogP contribution in [0.2, 0.25) is 0 Å². The normalized spacial score (nSPS) is 10.6. The van der Waals surface area contributed by atoms with Crippen LogP contribution in [0.1, 0.15) is 12.8 Å². The lowest BCUT2D eigenvalue weighted by Gasteiger charge is -2.06. The number of pyridine rings is 1. The SMILES string of the molecule is N#CCCC(=O)Nc1nc2ccc(-c3c(F)ccc(F)c3F)cn2n1. The quantitative estimate of drug-likeness (QED) is 0.737. The van der Waals surface area contributed by atoms with Crippen LogP contribution < -0.4 is 5.32 Å². The van der Waals surface area contributed by atoms with Crippen molar-refractivity contribution in [2.45, 2.75) is 12.8 Å². The minimum absolute atomic E-state index is 0.00296. The maximum absolute atomic E-state index is 13.9. The Morgan fingerprint density at radius 1 is 1.20 bits per heavy atom. The van der Waals surface area contributed by atoms with E-state index in [0.29, 0.717) is 11.7 Å². The minimum Gasteiger partial charge on any atom is -0.293 e. The van der Waals surface area contributed by atoms with Crippen LogP contribution in [0.15, 0.2) is 30.5 Å². The summed E-state index contributed by atoms with van der Waals surface area (Å²) in [4.78, 5) is 15.6. The lowest BCUT2D eigenvalue weighted by molar-refractivity contribution is -0.116. The van der Waals surface area contributed by atoms with Crippen LogP contribution in [-0.2, 0) is 4.79 Å². The number of nitrogens with one attached hydrogen (secondary N) is 1. The molecule has 2 aromatic heterocycles. The van der Waals surface area contributed by atoms with E-state index in [0.717, 1.165) is 6.07 Å². The molecule has 126 valence electrons. The van der Waals surface area contributed by atoms with Gasteiger partial charge in [0.15, 0.2) is 17.3 Å². The van der Waals surface area contributed by atoms with Crippen LogP contribution in [-0.4, -0.2) is 20.5 Å². The third-order valence-corrected chi connectivity index (χ3v) is 3.38. The molecule has 0 bridgehead atoms. The number of rotatable bonds is 4. The van der Waals surface area contributed by atoms with E-state index >= 15 is 0 Å². The van der Waals surface area contributed by atoms with Gasteiger partial charge in [-0.05, 0) is 24.3 Å². The van der Waals surface area contributed by atoms with Gasteiger partial charge in [0.2, 0.25) is 11.9 Å². The molecular formula is C16H10F3N5O. The number of hydrogen-bond donors (Lipinski definition) is 1. The Bertz CT molecular complexity index is 1010. The number of hydrogen-bond acceptors (Lipinski definition) is 4. The van der Waals surface area contributed by atoms with Gasteiger partial charge in [-0.3, -0.25) is 10.1 Å². The van der Waals surface area contributed by atoms with Crippen LogP contribution >= 0.6 is 0 Å². The summed E-state index contributed by atoms with van der Waals surface area (Å²) in [5, 5.41) is 14.8. The molecule has 3 rings (SSSR count). The first-order valence-electron chi connectivity index (χ1n) is 7.16. The lowest BCUT2D eigenvalue weighted by Crippen LogP contribution is -2.12. The molecule has 6 nitrogen and oxygen atoms in total. The molecule has 1 amide bonds. The zero-order valence-electron chi connectivity index (χ0n) is 12.6. The summed E-state index contributed by atoms with van der Waals surface area (Å²) < 4.78 is 42.3. The zero-order valence-corrected chi connectivity index (χ0v) is 12.6. The van der Waals surface area contributed by atoms with E-state index < -0.39 is 28.9 Å². The Kier molecular flexibility index (Phi) is 4.35. The van der Waals surface area contributed by atoms with Gasteiger partial charge in [0.25, 0.3) is 0 Å². The number of nitriles is 1. The van der Waals surface area contributed by atoms with E-state index in [9.17, 15) is 18.0 Å². The molecule has 0 fully saturated rings. The molecule has 1 aromatic carbocycles. The molecule has 25 heavy (non-hydrogen) atoms. The lowest BCUT2D eigenvalue weighted by atomic mass is 10.1. The molecule has 0 saturated heterocycles. The molecule has 0 unspecified atom stereocenters. The molecule has 0 radical (unpaired) electrons. The first-order chi connectivity index (χ1) is 12.0. The van der Waals surface area contributed by atoms with Crippen molar-refractivity contribution in [3.63, 3.8) is 0 Å². The second-order valence-corrected chi connectivity index (χ2v) is 5.08. The van der Waals surface area contributed by atoms with Crippen molar-refractivity contribution in [2.24, 2.45) is 0 Å². The van der Waals surface area contributed by atoms with Gasteiger partial charge in [-0.1, -0.05) is 0 Å².